The lowest BCUT2D eigenvalue weighted by atomic mass is 10.0. The van der Waals surface area contributed by atoms with Crippen molar-refractivity contribution in [2.45, 2.75) is 42.4 Å². The van der Waals surface area contributed by atoms with Crippen LogP contribution in [0, 0.1) is 0 Å². The molecule has 102 valence electrons. The molecule has 0 radical (unpaired) electrons. The number of methoxy groups -OCH3 is 1. The highest BCUT2D eigenvalue weighted by molar-refractivity contribution is 8.00. The monoisotopic (exact) mass is 277 g/mol. The summed E-state index contributed by atoms with van der Waals surface area (Å²) in [6.45, 7) is 4.36. The zero-order valence-corrected chi connectivity index (χ0v) is 12.4. The number of carbonyl (C=O) groups excluding carboxylic acids is 1. The molecule has 0 N–H and O–H groups in total. The minimum absolute atomic E-state index is 0.0306. The first kappa shape index (κ1) is 14.1. The Bertz CT molecular complexity index is 482. The fraction of sp³-hybridized carbons (Fsp3) is 0.467. The zero-order valence-electron chi connectivity index (χ0n) is 11.6. The Hall–Kier alpha value is -1.29. The number of carbonyl (C=O) groups is 1. The van der Waals surface area contributed by atoms with E-state index in [1.54, 1.807) is 11.8 Å². The molecule has 1 atom stereocenters. The van der Waals surface area contributed by atoms with Crippen LogP contribution in [0.1, 0.15) is 26.7 Å². The summed E-state index contributed by atoms with van der Waals surface area (Å²) < 4.78 is 4.71. The number of thioether (sulfide) groups is 1. The SMILES string of the molecule is COC(=O)C1=N[C@@H](C(C)(C)Sc2ccccc2)CC1. The van der Waals surface area contributed by atoms with Gasteiger partial charge in [0.25, 0.3) is 0 Å². The largest absolute Gasteiger partial charge is 0.465 e. The molecule has 0 amide bonds. The second kappa shape index (κ2) is 5.78. The average Bonchev–Trinajstić information content (AvgIpc) is 2.89. The van der Waals surface area contributed by atoms with Gasteiger partial charge in [-0.3, -0.25) is 4.99 Å². The predicted molar refractivity (Wildman–Crippen MR) is 78.9 cm³/mol. The zero-order chi connectivity index (χ0) is 13.9. The van der Waals surface area contributed by atoms with Crippen LogP contribution in [-0.2, 0) is 9.53 Å². The van der Waals surface area contributed by atoms with Crippen molar-refractivity contribution >= 4 is 23.4 Å². The van der Waals surface area contributed by atoms with E-state index in [2.05, 4.69) is 31.0 Å². The number of esters is 1. The third-order valence-corrected chi connectivity index (χ3v) is 4.62. The quantitative estimate of drug-likeness (QED) is 0.626. The fourth-order valence-corrected chi connectivity index (χ4v) is 3.43. The van der Waals surface area contributed by atoms with E-state index >= 15 is 0 Å². The molecule has 0 fully saturated rings. The van der Waals surface area contributed by atoms with Gasteiger partial charge < -0.3 is 4.74 Å². The van der Waals surface area contributed by atoms with Crippen molar-refractivity contribution in [1.29, 1.82) is 0 Å². The van der Waals surface area contributed by atoms with Crippen LogP contribution in [-0.4, -0.2) is 29.6 Å². The van der Waals surface area contributed by atoms with E-state index in [9.17, 15) is 4.79 Å². The van der Waals surface area contributed by atoms with Gasteiger partial charge >= 0.3 is 5.97 Å². The van der Waals surface area contributed by atoms with Gasteiger partial charge in [0.15, 0.2) is 0 Å². The molecular weight excluding hydrogens is 258 g/mol. The third kappa shape index (κ3) is 3.38. The van der Waals surface area contributed by atoms with Crippen molar-refractivity contribution in [3.63, 3.8) is 0 Å². The number of hydrogen-bond donors (Lipinski definition) is 0. The molecule has 0 saturated heterocycles. The molecular formula is C15H19NO2S. The van der Waals surface area contributed by atoms with E-state index in [4.69, 9.17) is 4.74 Å². The van der Waals surface area contributed by atoms with Crippen molar-refractivity contribution in [3.8, 4) is 0 Å². The van der Waals surface area contributed by atoms with Crippen LogP contribution in [0.5, 0.6) is 0 Å². The Kier molecular flexibility index (Phi) is 4.30. The second-order valence-corrected chi connectivity index (χ2v) is 6.87. The van der Waals surface area contributed by atoms with E-state index in [0.717, 1.165) is 12.8 Å². The Balaban J connectivity index is 2.09. The lowest BCUT2D eigenvalue weighted by molar-refractivity contribution is -0.132. The van der Waals surface area contributed by atoms with Crippen molar-refractivity contribution in [2.75, 3.05) is 7.11 Å². The highest BCUT2D eigenvalue weighted by Gasteiger charge is 2.35. The Morgan fingerprint density at radius 3 is 2.68 bits per heavy atom. The Labute approximate surface area is 118 Å². The number of hydrogen-bond acceptors (Lipinski definition) is 4. The predicted octanol–water partition coefficient (Wildman–Crippen LogP) is 3.33. The van der Waals surface area contributed by atoms with E-state index in [1.165, 1.54) is 12.0 Å². The maximum absolute atomic E-state index is 11.5. The standard InChI is InChI=1S/C15H19NO2S/c1-15(2,19-11-7-5-4-6-8-11)13-10-9-12(16-13)14(17)18-3/h4-8,13H,9-10H2,1-3H3/t13-/m1/s1. The molecule has 1 aliphatic rings. The first-order valence-corrected chi connectivity index (χ1v) is 7.23. The van der Waals surface area contributed by atoms with E-state index in [-0.39, 0.29) is 16.8 Å². The number of nitrogens with zero attached hydrogens (tertiary/aromatic N) is 1. The molecule has 0 unspecified atom stereocenters. The molecule has 0 saturated carbocycles. The average molecular weight is 277 g/mol. The minimum Gasteiger partial charge on any atom is -0.465 e. The van der Waals surface area contributed by atoms with Crippen LogP contribution in [0.25, 0.3) is 0 Å². The van der Waals surface area contributed by atoms with Gasteiger partial charge in [-0.25, -0.2) is 4.79 Å². The van der Waals surface area contributed by atoms with Crippen molar-refractivity contribution < 1.29 is 9.53 Å². The molecule has 2 rings (SSSR count). The number of ether oxygens (including phenoxy) is 1. The summed E-state index contributed by atoms with van der Waals surface area (Å²) >= 11 is 1.81. The Morgan fingerprint density at radius 2 is 2.05 bits per heavy atom. The molecule has 0 aliphatic carbocycles. The number of benzene rings is 1. The van der Waals surface area contributed by atoms with Crippen LogP contribution >= 0.6 is 11.8 Å². The van der Waals surface area contributed by atoms with Crippen LogP contribution in [0.15, 0.2) is 40.2 Å². The molecule has 1 aromatic rings. The van der Waals surface area contributed by atoms with Gasteiger partial charge in [0.2, 0.25) is 0 Å². The summed E-state index contributed by atoms with van der Waals surface area (Å²) in [4.78, 5) is 17.3. The summed E-state index contributed by atoms with van der Waals surface area (Å²) in [6, 6.07) is 10.5. The Morgan fingerprint density at radius 1 is 1.37 bits per heavy atom. The molecule has 0 bridgehead atoms. The molecule has 19 heavy (non-hydrogen) atoms. The lowest BCUT2D eigenvalue weighted by Crippen LogP contribution is -2.29. The topological polar surface area (TPSA) is 38.7 Å². The van der Waals surface area contributed by atoms with Gasteiger partial charge in [0.05, 0.1) is 13.2 Å². The first-order chi connectivity index (χ1) is 9.03. The fourth-order valence-electron chi connectivity index (χ4n) is 2.23. The molecule has 4 heteroatoms. The minimum atomic E-state index is -0.289. The first-order valence-electron chi connectivity index (χ1n) is 6.42. The highest BCUT2D eigenvalue weighted by Crippen LogP contribution is 2.39. The molecule has 1 aliphatic heterocycles. The van der Waals surface area contributed by atoms with Crippen LogP contribution in [0.4, 0.5) is 0 Å². The van der Waals surface area contributed by atoms with E-state index in [0.29, 0.717) is 5.71 Å². The number of rotatable bonds is 4. The van der Waals surface area contributed by atoms with Crippen molar-refractivity contribution in [1.82, 2.24) is 0 Å². The van der Waals surface area contributed by atoms with Gasteiger partial charge in [-0.05, 0) is 38.8 Å². The normalized spacial score (nSPS) is 19.1. The van der Waals surface area contributed by atoms with Gasteiger partial charge in [0, 0.05) is 9.64 Å². The van der Waals surface area contributed by atoms with Gasteiger partial charge in [-0.1, -0.05) is 18.2 Å². The summed E-state index contributed by atoms with van der Waals surface area (Å²) in [7, 11) is 1.40. The lowest BCUT2D eigenvalue weighted by Gasteiger charge is -2.28. The van der Waals surface area contributed by atoms with E-state index in [1.807, 2.05) is 18.2 Å². The van der Waals surface area contributed by atoms with Crippen LogP contribution < -0.4 is 0 Å². The van der Waals surface area contributed by atoms with E-state index < -0.39 is 0 Å². The second-order valence-electron chi connectivity index (χ2n) is 5.14. The van der Waals surface area contributed by atoms with Gasteiger partial charge in [-0.2, -0.15) is 0 Å². The maximum atomic E-state index is 11.5. The molecule has 0 aromatic heterocycles. The van der Waals surface area contributed by atoms with Crippen molar-refractivity contribution in [2.24, 2.45) is 4.99 Å². The van der Waals surface area contributed by atoms with Gasteiger partial charge in [0.1, 0.15) is 5.71 Å². The number of aliphatic imine (C=N–C) groups is 1. The molecule has 1 heterocycles. The molecule has 1 aromatic carbocycles. The summed E-state index contributed by atoms with van der Waals surface area (Å²) in [5, 5.41) is 0. The summed E-state index contributed by atoms with van der Waals surface area (Å²) in [5.41, 5.74) is 0.578. The summed E-state index contributed by atoms with van der Waals surface area (Å²) in [6.07, 6.45) is 1.63. The van der Waals surface area contributed by atoms with Gasteiger partial charge in [-0.15, -0.1) is 11.8 Å². The molecule has 0 spiro atoms. The third-order valence-electron chi connectivity index (χ3n) is 3.31. The maximum Gasteiger partial charge on any atom is 0.351 e. The van der Waals surface area contributed by atoms with Crippen LogP contribution in [0.2, 0.25) is 0 Å². The van der Waals surface area contributed by atoms with Crippen molar-refractivity contribution in [3.05, 3.63) is 30.3 Å². The summed E-state index contributed by atoms with van der Waals surface area (Å²) in [5.74, 6) is -0.289. The smallest absolute Gasteiger partial charge is 0.351 e. The molecule has 3 nitrogen and oxygen atoms in total. The highest BCUT2D eigenvalue weighted by atomic mass is 32.2. The van der Waals surface area contributed by atoms with Crippen LogP contribution in [0.3, 0.4) is 0 Å².